The topological polar surface area (TPSA) is 67.3 Å². The van der Waals surface area contributed by atoms with Crippen molar-refractivity contribution in [2.45, 2.75) is 0 Å². The molecule has 5 nitrogen and oxygen atoms in total. The molecule has 6 heteroatoms. The van der Waals surface area contributed by atoms with E-state index < -0.39 is 0 Å². The van der Waals surface area contributed by atoms with Crippen LogP contribution in [-0.4, -0.2) is 25.4 Å². The average molecular weight is 229 g/mol. The van der Waals surface area contributed by atoms with Crippen molar-refractivity contribution in [2.75, 3.05) is 0 Å². The van der Waals surface area contributed by atoms with Crippen molar-refractivity contribution in [1.29, 1.82) is 0 Å². The van der Waals surface area contributed by atoms with Gasteiger partial charge in [0.1, 0.15) is 5.01 Å². The van der Waals surface area contributed by atoms with Gasteiger partial charge in [-0.15, -0.1) is 10.2 Å². The van der Waals surface area contributed by atoms with Crippen molar-refractivity contribution < 1.29 is 0 Å². The van der Waals surface area contributed by atoms with Crippen LogP contribution in [0.5, 0.6) is 0 Å². The first-order valence-electron chi connectivity index (χ1n) is 4.67. The minimum atomic E-state index is 0.830. The summed E-state index contributed by atoms with van der Waals surface area (Å²) in [6, 6.07) is 5.71. The third-order valence-electron chi connectivity index (χ3n) is 2.06. The van der Waals surface area contributed by atoms with Gasteiger partial charge in [0, 0.05) is 24.2 Å². The first-order valence-corrected chi connectivity index (χ1v) is 5.49. The predicted octanol–water partition coefficient (Wildman–Crippen LogP) is 1.99. The molecule has 0 aliphatic heterocycles. The Labute approximate surface area is 95.2 Å². The third kappa shape index (κ3) is 1.59. The van der Waals surface area contributed by atoms with E-state index in [1.165, 1.54) is 11.3 Å². The van der Waals surface area contributed by atoms with Gasteiger partial charge in [-0.2, -0.15) is 5.10 Å². The lowest BCUT2D eigenvalue weighted by Crippen LogP contribution is -1.78. The summed E-state index contributed by atoms with van der Waals surface area (Å²) in [6.07, 6.45) is 5.21. The van der Waals surface area contributed by atoms with E-state index in [1.54, 1.807) is 18.6 Å². The van der Waals surface area contributed by atoms with Crippen LogP contribution in [-0.2, 0) is 0 Å². The molecule has 3 heterocycles. The van der Waals surface area contributed by atoms with Gasteiger partial charge < -0.3 is 0 Å². The van der Waals surface area contributed by atoms with Crippen LogP contribution in [0.1, 0.15) is 0 Å². The van der Waals surface area contributed by atoms with Gasteiger partial charge in [0.15, 0.2) is 5.01 Å². The van der Waals surface area contributed by atoms with Gasteiger partial charge in [0.2, 0.25) is 0 Å². The lowest BCUT2D eigenvalue weighted by atomic mass is 10.3. The number of pyridine rings is 1. The van der Waals surface area contributed by atoms with E-state index in [0.717, 1.165) is 21.3 Å². The Morgan fingerprint density at radius 1 is 1.06 bits per heavy atom. The number of aromatic amines is 1. The third-order valence-corrected chi connectivity index (χ3v) is 3.07. The number of nitrogens with one attached hydrogen (secondary N) is 1. The van der Waals surface area contributed by atoms with Gasteiger partial charge in [-0.25, -0.2) is 0 Å². The molecule has 0 spiro atoms. The summed E-state index contributed by atoms with van der Waals surface area (Å²) in [5.74, 6) is 0. The molecule has 16 heavy (non-hydrogen) atoms. The quantitative estimate of drug-likeness (QED) is 0.729. The van der Waals surface area contributed by atoms with Crippen molar-refractivity contribution in [3.8, 4) is 21.3 Å². The van der Waals surface area contributed by atoms with Gasteiger partial charge in [-0.05, 0) is 18.2 Å². The van der Waals surface area contributed by atoms with Crippen LogP contribution in [0.15, 0.2) is 36.8 Å². The summed E-state index contributed by atoms with van der Waals surface area (Å²) < 4.78 is 0. The second kappa shape index (κ2) is 3.82. The van der Waals surface area contributed by atoms with E-state index in [9.17, 15) is 0 Å². The molecule has 0 aliphatic rings. The maximum absolute atomic E-state index is 4.12. The Kier molecular flexibility index (Phi) is 2.19. The average Bonchev–Trinajstić information content (AvgIpc) is 3.01. The molecule has 0 radical (unpaired) electrons. The van der Waals surface area contributed by atoms with Crippen molar-refractivity contribution in [3.63, 3.8) is 0 Å². The zero-order valence-electron chi connectivity index (χ0n) is 8.16. The second-order valence-corrected chi connectivity index (χ2v) is 4.10. The molecule has 3 rings (SSSR count). The van der Waals surface area contributed by atoms with Crippen LogP contribution >= 0.6 is 11.3 Å². The lowest BCUT2D eigenvalue weighted by Gasteiger charge is -1.90. The van der Waals surface area contributed by atoms with Crippen LogP contribution < -0.4 is 0 Å². The molecule has 0 amide bonds. The normalized spacial score (nSPS) is 10.5. The molecule has 0 aromatic carbocycles. The zero-order chi connectivity index (χ0) is 10.8. The molecule has 0 saturated heterocycles. The van der Waals surface area contributed by atoms with Crippen LogP contribution in [0, 0.1) is 0 Å². The van der Waals surface area contributed by atoms with Gasteiger partial charge in [0.05, 0.1) is 5.69 Å². The Morgan fingerprint density at radius 2 is 2.00 bits per heavy atom. The highest BCUT2D eigenvalue weighted by atomic mass is 32.1. The number of H-pyrrole nitrogens is 1. The van der Waals surface area contributed by atoms with Crippen LogP contribution in [0.3, 0.4) is 0 Å². The summed E-state index contributed by atoms with van der Waals surface area (Å²) in [7, 11) is 0. The van der Waals surface area contributed by atoms with Gasteiger partial charge in [-0.3, -0.25) is 10.1 Å². The van der Waals surface area contributed by atoms with Crippen molar-refractivity contribution in [3.05, 3.63) is 36.8 Å². The summed E-state index contributed by atoms with van der Waals surface area (Å²) in [5, 5.41) is 16.7. The standard InChI is InChI=1S/C10H7N5S/c1-2-7(6-11-4-1)9-14-15-10(16-9)8-3-5-12-13-8/h1-6H,(H,12,13). The number of rotatable bonds is 2. The van der Waals surface area contributed by atoms with E-state index in [2.05, 4.69) is 25.4 Å². The molecular weight excluding hydrogens is 222 g/mol. The van der Waals surface area contributed by atoms with Crippen molar-refractivity contribution in [1.82, 2.24) is 25.4 Å². The number of hydrogen-bond acceptors (Lipinski definition) is 5. The highest BCUT2D eigenvalue weighted by Gasteiger charge is 2.08. The Balaban J connectivity index is 2.00. The lowest BCUT2D eigenvalue weighted by molar-refractivity contribution is 1.06. The van der Waals surface area contributed by atoms with E-state index in [0.29, 0.717) is 0 Å². The molecule has 0 saturated carbocycles. The fourth-order valence-electron chi connectivity index (χ4n) is 1.31. The van der Waals surface area contributed by atoms with E-state index in [4.69, 9.17) is 0 Å². The fraction of sp³-hybridized carbons (Fsp3) is 0. The predicted molar refractivity (Wildman–Crippen MR) is 60.7 cm³/mol. The molecule has 78 valence electrons. The van der Waals surface area contributed by atoms with Crippen molar-refractivity contribution in [2.24, 2.45) is 0 Å². The van der Waals surface area contributed by atoms with Gasteiger partial charge in [0.25, 0.3) is 0 Å². The maximum atomic E-state index is 4.12. The number of aromatic nitrogens is 5. The smallest absolute Gasteiger partial charge is 0.166 e. The molecule has 1 N–H and O–H groups in total. The Hall–Kier alpha value is -2.08. The molecule has 0 unspecified atom stereocenters. The monoisotopic (exact) mass is 229 g/mol. The number of nitrogens with zero attached hydrogens (tertiary/aromatic N) is 4. The second-order valence-electron chi connectivity index (χ2n) is 3.12. The minimum Gasteiger partial charge on any atom is -0.275 e. The summed E-state index contributed by atoms with van der Waals surface area (Å²) in [4.78, 5) is 4.05. The molecule has 3 aromatic heterocycles. The first-order chi connectivity index (χ1) is 7.93. The van der Waals surface area contributed by atoms with Crippen LogP contribution in [0.2, 0.25) is 0 Å². The van der Waals surface area contributed by atoms with E-state index >= 15 is 0 Å². The number of hydrogen-bond donors (Lipinski definition) is 1. The summed E-state index contributed by atoms with van der Waals surface area (Å²) in [6.45, 7) is 0. The molecular formula is C10H7N5S. The Bertz CT molecular complexity index is 572. The highest BCUT2D eigenvalue weighted by Crippen LogP contribution is 2.27. The maximum Gasteiger partial charge on any atom is 0.166 e. The minimum absolute atomic E-state index is 0.830. The molecule has 0 fully saturated rings. The molecule has 0 atom stereocenters. The fourth-order valence-corrected chi connectivity index (χ4v) is 2.12. The van der Waals surface area contributed by atoms with E-state index in [1.807, 2.05) is 18.2 Å². The van der Waals surface area contributed by atoms with E-state index in [-0.39, 0.29) is 0 Å². The molecule has 0 bridgehead atoms. The van der Waals surface area contributed by atoms with Gasteiger partial charge >= 0.3 is 0 Å². The summed E-state index contributed by atoms with van der Waals surface area (Å²) >= 11 is 1.51. The Morgan fingerprint density at radius 3 is 2.75 bits per heavy atom. The first kappa shape index (κ1) is 9.17. The zero-order valence-corrected chi connectivity index (χ0v) is 8.98. The van der Waals surface area contributed by atoms with Crippen LogP contribution in [0.4, 0.5) is 0 Å². The largest absolute Gasteiger partial charge is 0.275 e. The molecule has 3 aromatic rings. The van der Waals surface area contributed by atoms with Gasteiger partial charge in [-0.1, -0.05) is 11.3 Å². The van der Waals surface area contributed by atoms with Crippen molar-refractivity contribution >= 4 is 11.3 Å². The SMILES string of the molecule is c1cncc(-c2nnc(-c3ccn[nH]3)s2)c1. The summed E-state index contributed by atoms with van der Waals surface area (Å²) in [5.41, 5.74) is 1.86. The van der Waals surface area contributed by atoms with Crippen LogP contribution in [0.25, 0.3) is 21.3 Å². The highest BCUT2D eigenvalue weighted by molar-refractivity contribution is 7.17. The molecule has 0 aliphatic carbocycles.